The van der Waals surface area contributed by atoms with Gasteiger partial charge >= 0.3 is 0 Å². The van der Waals surface area contributed by atoms with Gasteiger partial charge in [0, 0.05) is 6.61 Å². The van der Waals surface area contributed by atoms with E-state index in [0.717, 1.165) is 12.7 Å². The van der Waals surface area contributed by atoms with Gasteiger partial charge in [0.2, 0.25) is 8.32 Å². The minimum Gasteiger partial charge on any atom is -0.411 e. The summed E-state index contributed by atoms with van der Waals surface area (Å²) in [5.41, 5.74) is 0. The van der Waals surface area contributed by atoms with Crippen molar-refractivity contribution in [1.29, 1.82) is 0 Å². The Morgan fingerprint density at radius 1 is 1.19 bits per heavy atom. The van der Waals surface area contributed by atoms with E-state index in [4.69, 9.17) is 16.0 Å². The average Bonchev–Trinajstić information content (AvgIpc) is 2.25. The predicted octanol–water partition coefficient (Wildman–Crippen LogP) is 3.45. The smallest absolute Gasteiger partial charge is 0.243 e. The number of alkyl halides is 1. The first-order chi connectivity index (χ1) is 7.48. The Labute approximate surface area is 105 Å². The van der Waals surface area contributed by atoms with Crippen LogP contribution in [0.25, 0.3) is 0 Å². The lowest BCUT2D eigenvalue weighted by atomic mass is 10.4. The molecule has 1 aromatic rings. The van der Waals surface area contributed by atoms with Crippen LogP contribution in [0.5, 0.6) is 0 Å². The van der Waals surface area contributed by atoms with E-state index < -0.39 is 8.32 Å². The molecule has 0 bridgehead atoms. The molecule has 0 aliphatic carbocycles. The van der Waals surface area contributed by atoms with Crippen molar-refractivity contribution in [1.82, 2.24) is 0 Å². The fourth-order valence-electron chi connectivity index (χ4n) is 2.28. The molecule has 0 spiro atoms. The quantitative estimate of drug-likeness (QED) is 0.579. The van der Waals surface area contributed by atoms with Crippen LogP contribution in [0, 0.1) is 0 Å². The summed E-state index contributed by atoms with van der Waals surface area (Å²) in [5, 5.41) is 1.29. The van der Waals surface area contributed by atoms with Gasteiger partial charge < -0.3 is 4.43 Å². The predicted molar refractivity (Wildman–Crippen MR) is 73.9 cm³/mol. The van der Waals surface area contributed by atoms with Gasteiger partial charge in [-0.25, -0.2) is 0 Å². The summed E-state index contributed by atoms with van der Waals surface area (Å²) in [7, 11) is -2.08. The van der Waals surface area contributed by atoms with Crippen LogP contribution < -0.4 is 5.19 Å². The zero-order chi connectivity index (χ0) is 12.2. The lowest BCUT2D eigenvalue weighted by Crippen LogP contribution is -2.63. The van der Waals surface area contributed by atoms with Crippen LogP contribution in [0.4, 0.5) is 0 Å². The summed E-state index contributed by atoms with van der Waals surface area (Å²) in [6.45, 7) is 9.10. The van der Waals surface area contributed by atoms with Crippen LogP contribution >= 0.6 is 11.6 Å². The van der Waals surface area contributed by atoms with Gasteiger partial charge in [-0.2, -0.15) is 0 Å². The zero-order valence-corrected chi connectivity index (χ0v) is 12.3. The Morgan fingerprint density at radius 2 is 1.75 bits per heavy atom. The van der Waals surface area contributed by atoms with E-state index in [1.54, 1.807) is 0 Å². The maximum Gasteiger partial charge on any atom is 0.243 e. The first kappa shape index (κ1) is 13.8. The van der Waals surface area contributed by atoms with Crippen LogP contribution in [-0.4, -0.2) is 19.4 Å². The number of hydrogen-bond donors (Lipinski definition) is 0. The van der Waals surface area contributed by atoms with Gasteiger partial charge in [-0.1, -0.05) is 37.3 Å². The van der Waals surface area contributed by atoms with Crippen molar-refractivity contribution < 1.29 is 4.43 Å². The molecule has 3 heteroatoms. The van der Waals surface area contributed by atoms with E-state index in [1.165, 1.54) is 5.19 Å². The van der Waals surface area contributed by atoms with Gasteiger partial charge in [0.25, 0.3) is 0 Å². The third kappa shape index (κ3) is 2.50. The highest BCUT2D eigenvalue weighted by molar-refractivity contribution is 6.94. The van der Waals surface area contributed by atoms with Gasteiger partial charge in [0.05, 0.1) is 4.50 Å². The van der Waals surface area contributed by atoms with E-state index in [2.05, 4.69) is 45.0 Å². The molecule has 0 fully saturated rings. The molecule has 1 nitrogen and oxygen atoms in total. The van der Waals surface area contributed by atoms with Crippen molar-refractivity contribution >= 4 is 25.1 Å². The van der Waals surface area contributed by atoms with Gasteiger partial charge in [-0.3, -0.25) is 0 Å². The van der Waals surface area contributed by atoms with Crippen LogP contribution in [0.1, 0.15) is 27.7 Å². The van der Waals surface area contributed by atoms with Crippen molar-refractivity contribution in [2.24, 2.45) is 0 Å². The molecule has 1 aromatic carbocycles. The molecule has 0 heterocycles. The van der Waals surface area contributed by atoms with Crippen LogP contribution in [0.3, 0.4) is 0 Å². The Hall–Kier alpha value is -0.313. The van der Waals surface area contributed by atoms with E-state index in [9.17, 15) is 0 Å². The third-order valence-electron chi connectivity index (χ3n) is 3.09. The molecular weight excluding hydrogens is 236 g/mol. The van der Waals surface area contributed by atoms with Crippen molar-refractivity contribution in [3.63, 3.8) is 0 Å². The summed E-state index contributed by atoms with van der Waals surface area (Å²) in [6, 6.07) is 11.5. The summed E-state index contributed by atoms with van der Waals surface area (Å²) in [4.78, 5) is 0. The molecule has 0 saturated heterocycles. The highest BCUT2D eigenvalue weighted by atomic mass is 35.5. The molecule has 0 aromatic heterocycles. The minimum absolute atomic E-state index is 0.293. The lowest BCUT2D eigenvalue weighted by Gasteiger charge is -2.39. The normalized spacial score (nSPS) is 15.8. The van der Waals surface area contributed by atoms with Gasteiger partial charge in [-0.05, 0) is 32.0 Å². The average molecular weight is 257 g/mol. The second kappa shape index (κ2) is 5.35. The molecule has 0 aliphatic rings. The summed E-state index contributed by atoms with van der Waals surface area (Å²) >= 11 is 6.61. The molecular formula is C13H21ClOSi. The maximum atomic E-state index is 6.61. The van der Waals surface area contributed by atoms with E-state index >= 15 is 0 Å². The number of halogens is 1. The van der Waals surface area contributed by atoms with Crippen LogP contribution in [0.2, 0.25) is 6.04 Å². The number of benzene rings is 1. The largest absolute Gasteiger partial charge is 0.411 e. The summed E-state index contributed by atoms with van der Waals surface area (Å²) in [6.07, 6.45) is 0. The molecule has 0 N–H and O–H groups in total. The van der Waals surface area contributed by atoms with Crippen molar-refractivity contribution in [2.75, 3.05) is 6.61 Å². The second-order valence-electron chi connectivity index (χ2n) is 4.45. The number of rotatable bonds is 5. The maximum absolute atomic E-state index is 6.61. The highest BCUT2D eigenvalue weighted by Gasteiger charge is 2.48. The van der Waals surface area contributed by atoms with Crippen LogP contribution in [0.15, 0.2) is 30.3 Å². The van der Waals surface area contributed by atoms with Crippen molar-refractivity contribution in [3.8, 4) is 0 Å². The Kier molecular flexibility index (Phi) is 4.59. The lowest BCUT2D eigenvalue weighted by molar-refractivity contribution is 0.320. The summed E-state index contributed by atoms with van der Waals surface area (Å²) in [5.74, 6) is 0. The zero-order valence-electron chi connectivity index (χ0n) is 10.6. The van der Waals surface area contributed by atoms with Crippen molar-refractivity contribution in [2.45, 2.75) is 38.2 Å². The van der Waals surface area contributed by atoms with Gasteiger partial charge in [0.1, 0.15) is 0 Å². The van der Waals surface area contributed by atoms with E-state index in [1.807, 2.05) is 13.0 Å². The van der Waals surface area contributed by atoms with Crippen LogP contribution in [-0.2, 0) is 4.43 Å². The molecule has 0 radical (unpaired) electrons. The molecule has 0 aliphatic heterocycles. The third-order valence-corrected chi connectivity index (χ3v) is 8.97. The Balaban J connectivity index is 3.23. The molecule has 0 amide bonds. The molecule has 16 heavy (non-hydrogen) atoms. The van der Waals surface area contributed by atoms with Crippen molar-refractivity contribution in [3.05, 3.63) is 30.3 Å². The Morgan fingerprint density at radius 3 is 2.12 bits per heavy atom. The van der Waals surface area contributed by atoms with Gasteiger partial charge in [-0.15, -0.1) is 11.6 Å². The fourth-order valence-corrected chi connectivity index (χ4v) is 7.04. The number of hydrogen-bond acceptors (Lipinski definition) is 1. The molecule has 0 saturated carbocycles. The summed E-state index contributed by atoms with van der Waals surface area (Å²) < 4.78 is 5.84. The topological polar surface area (TPSA) is 9.23 Å². The van der Waals surface area contributed by atoms with E-state index in [-0.39, 0.29) is 4.50 Å². The minimum atomic E-state index is -2.08. The molecule has 90 valence electrons. The monoisotopic (exact) mass is 256 g/mol. The van der Waals surface area contributed by atoms with E-state index in [0.29, 0.717) is 0 Å². The second-order valence-corrected chi connectivity index (χ2v) is 10.2. The first-order valence-corrected chi connectivity index (χ1v) is 8.35. The Bertz CT molecular complexity index is 320. The fraction of sp³-hybridized carbons (Fsp3) is 0.538. The SMILES string of the molecule is CCO[Si](CC)(c1ccccc1)C(C)(C)Cl. The molecule has 1 unspecified atom stereocenters. The highest BCUT2D eigenvalue weighted by Crippen LogP contribution is 2.31. The molecule has 1 atom stereocenters. The molecule has 1 rings (SSSR count). The van der Waals surface area contributed by atoms with Gasteiger partial charge in [0.15, 0.2) is 0 Å². The standard InChI is InChI=1S/C13H21ClOSi/c1-5-15-16(6-2,13(3,4)14)12-10-8-7-9-11-12/h7-11H,5-6H2,1-4H3. The first-order valence-electron chi connectivity index (χ1n) is 5.86.